The van der Waals surface area contributed by atoms with Gasteiger partial charge in [-0.2, -0.15) is 9.97 Å². The highest BCUT2D eigenvalue weighted by molar-refractivity contribution is 7.98. The van der Waals surface area contributed by atoms with E-state index in [0.29, 0.717) is 47.5 Å². The van der Waals surface area contributed by atoms with E-state index in [1.165, 1.54) is 18.9 Å². The van der Waals surface area contributed by atoms with Crippen molar-refractivity contribution in [2.45, 2.75) is 63.8 Å². The zero-order chi connectivity index (χ0) is 23.5. The molecule has 0 radical (unpaired) electrons. The number of rotatable bonds is 13. The van der Waals surface area contributed by atoms with Crippen LogP contribution in [0.1, 0.15) is 55.0 Å². The van der Waals surface area contributed by atoms with E-state index in [-0.39, 0.29) is 19.6 Å². The van der Waals surface area contributed by atoms with Crippen LogP contribution in [0.4, 0.5) is 0 Å². The van der Waals surface area contributed by atoms with E-state index in [4.69, 9.17) is 19.3 Å². The minimum atomic E-state index is -0.881. The van der Waals surface area contributed by atoms with E-state index < -0.39 is 11.9 Å². The predicted octanol–water partition coefficient (Wildman–Crippen LogP) is 3.88. The van der Waals surface area contributed by atoms with E-state index in [1.54, 1.807) is 6.20 Å². The molecular formula is C22H29N3O6S. The van der Waals surface area contributed by atoms with Crippen LogP contribution in [0.15, 0.2) is 17.4 Å². The summed E-state index contributed by atoms with van der Waals surface area (Å²) in [6.45, 7) is 5.64. The largest absolute Gasteiger partial charge is 0.481 e. The number of hydrogen-bond donors (Lipinski definition) is 1. The molecule has 1 N–H and O–H groups in total. The molecule has 0 saturated heterocycles. The Labute approximate surface area is 191 Å². The summed E-state index contributed by atoms with van der Waals surface area (Å²) in [5.41, 5.74) is 3.91. The summed E-state index contributed by atoms with van der Waals surface area (Å²) in [5, 5.41) is 9.11. The summed E-state index contributed by atoms with van der Waals surface area (Å²) in [5.74, 6) is 0.0330. The van der Waals surface area contributed by atoms with Gasteiger partial charge in [-0.05, 0) is 50.3 Å². The predicted molar refractivity (Wildman–Crippen MR) is 119 cm³/mol. The van der Waals surface area contributed by atoms with Crippen molar-refractivity contribution in [3.8, 4) is 11.8 Å². The third-order valence-electron chi connectivity index (χ3n) is 4.75. The molecule has 0 unspecified atom stereocenters. The maximum atomic E-state index is 11.8. The van der Waals surface area contributed by atoms with Crippen LogP contribution in [0, 0.1) is 13.8 Å². The molecule has 0 saturated carbocycles. The van der Waals surface area contributed by atoms with Gasteiger partial charge in [0, 0.05) is 30.5 Å². The number of ether oxygens (including phenoxy) is 3. The smallest absolute Gasteiger partial charge is 0.308 e. The Morgan fingerprint density at radius 1 is 1.09 bits per heavy atom. The van der Waals surface area contributed by atoms with Crippen LogP contribution in [0.2, 0.25) is 0 Å². The van der Waals surface area contributed by atoms with Gasteiger partial charge in [-0.25, -0.2) is 0 Å². The van der Waals surface area contributed by atoms with Crippen LogP contribution in [0.3, 0.4) is 0 Å². The standard InChI is InChI=1S/C22H29N3O6S/c1-5-16-20(29-4)24-22(32-12-17-14(2)10-11-23-15(17)3)25-21(16)31-13-30-19(28)9-7-6-8-18(26)27/h10-11H,5-9,12-13H2,1-4H3,(H,26,27). The monoisotopic (exact) mass is 463 g/mol. The summed E-state index contributed by atoms with van der Waals surface area (Å²) in [4.78, 5) is 35.6. The van der Waals surface area contributed by atoms with Crippen LogP contribution >= 0.6 is 11.8 Å². The number of thioether (sulfide) groups is 1. The van der Waals surface area contributed by atoms with E-state index >= 15 is 0 Å². The highest BCUT2D eigenvalue weighted by Crippen LogP contribution is 2.31. The van der Waals surface area contributed by atoms with Gasteiger partial charge in [-0.1, -0.05) is 18.7 Å². The van der Waals surface area contributed by atoms with E-state index in [0.717, 1.165) is 16.8 Å². The topological polar surface area (TPSA) is 121 Å². The first-order valence-electron chi connectivity index (χ1n) is 10.3. The fourth-order valence-electron chi connectivity index (χ4n) is 2.93. The number of carboxylic acids is 1. The number of hydrogen-bond acceptors (Lipinski definition) is 9. The van der Waals surface area contributed by atoms with Crippen molar-refractivity contribution in [1.82, 2.24) is 15.0 Å². The first-order chi connectivity index (χ1) is 15.3. The average molecular weight is 464 g/mol. The number of aliphatic carboxylic acids is 1. The number of nitrogens with zero attached hydrogens (tertiary/aromatic N) is 3. The molecule has 0 atom stereocenters. The molecule has 0 fully saturated rings. The zero-order valence-corrected chi connectivity index (χ0v) is 19.7. The number of carboxylic acid groups (broad SMARTS) is 1. The van der Waals surface area contributed by atoms with Crippen molar-refractivity contribution in [3.05, 3.63) is 34.6 Å². The molecule has 32 heavy (non-hydrogen) atoms. The minimum absolute atomic E-state index is 0.0307. The Morgan fingerprint density at radius 2 is 1.81 bits per heavy atom. The summed E-state index contributed by atoms with van der Waals surface area (Å²) < 4.78 is 16.2. The van der Waals surface area contributed by atoms with Crippen LogP contribution in [-0.4, -0.2) is 45.9 Å². The van der Waals surface area contributed by atoms with Gasteiger partial charge in [0.25, 0.3) is 0 Å². The first-order valence-corrected chi connectivity index (χ1v) is 11.3. The number of esters is 1. The molecule has 0 spiro atoms. The molecular weight excluding hydrogens is 434 g/mol. The van der Waals surface area contributed by atoms with Gasteiger partial charge in [0.2, 0.25) is 18.6 Å². The zero-order valence-electron chi connectivity index (χ0n) is 18.8. The third-order valence-corrected chi connectivity index (χ3v) is 5.62. The second-order valence-electron chi connectivity index (χ2n) is 7.01. The number of aryl methyl sites for hydroxylation is 2. The number of methoxy groups -OCH3 is 1. The second-order valence-corrected chi connectivity index (χ2v) is 7.96. The number of carbonyl (C=O) groups is 2. The molecule has 10 heteroatoms. The highest BCUT2D eigenvalue weighted by atomic mass is 32.2. The SMILES string of the molecule is CCc1c(OC)nc(SCc2c(C)ccnc2C)nc1OCOC(=O)CCCCC(=O)O. The van der Waals surface area contributed by atoms with Gasteiger partial charge in [-0.15, -0.1) is 0 Å². The lowest BCUT2D eigenvalue weighted by atomic mass is 10.1. The summed E-state index contributed by atoms with van der Waals surface area (Å²) in [6, 6.07) is 1.97. The number of carbonyl (C=O) groups excluding carboxylic acids is 1. The van der Waals surface area contributed by atoms with Crippen LogP contribution in [0.25, 0.3) is 0 Å². The lowest BCUT2D eigenvalue weighted by Gasteiger charge is -2.14. The number of pyridine rings is 1. The quantitative estimate of drug-likeness (QED) is 0.154. The van der Waals surface area contributed by atoms with Crippen molar-refractivity contribution in [3.63, 3.8) is 0 Å². The Balaban J connectivity index is 2.01. The minimum Gasteiger partial charge on any atom is -0.481 e. The number of unbranched alkanes of at least 4 members (excludes halogenated alkanes) is 1. The average Bonchev–Trinajstić information content (AvgIpc) is 2.76. The Morgan fingerprint density at radius 3 is 2.47 bits per heavy atom. The Kier molecular flexibility index (Phi) is 10.2. The Hall–Kier alpha value is -2.88. The molecule has 0 aromatic carbocycles. The van der Waals surface area contributed by atoms with E-state index in [2.05, 4.69) is 15.0 Å². The Bertz CT molecular complexity index is 918. The summed E-state index contributed by atoms with van der Waals surface area (Å²) in [6.07, 6.45) is 3.39. The molecule has 2 aromatic rings. The molecule has 2 aromatic heterocycles. The summed E-state index contributed by atoms with van der Waals surface area (Å²) in [7, 11) is 1.53. The van der Waals surface area contributed by atoms with Crippen LogP contribution in [0.5, 0.6) is 11.8 Å². The van der Waals surface area contributed by atoms with Crippen molar-refractivity contribution >= 4 is 23.7 Å². The van der Waals surface area contributed by atoms with Crippen molar-refractivity contribution in [1.29, 1.82) is 0 Å². The molecule has 2 heterocycles. The van der Waals surface area contributed by atoms with Gasteiger partial charge in [-0.3, -0.25) is 14.6 Å². The second kappa shape index (κ2) is 12.8. The van der Waals surface area contributed by atoms with Crippen molar-refractivity contribution in [2.24, 2.45) is 0 Å². The lowest BCUT2D eigenvalue weighted by Crippen LogP contribution is -2.13. The van der Waals surface area contributed by atoms with Crippen molar-refractivity contribution < 1.29 is 28.9 Å². The maximum Gasteiger partial charge on any atom is 0.308 e. The van der Waals surface area contributed by atoms with E-state index in [9.17, 15) is 9.59 Å². The molecule has 174 valence electrons. The van der Waals surface area contributed by atoms with Gasteiger partial charge < -0.3 is 19.3 Å². The fourth-order valence-corrected chi connectivity index (χ4v) is 3.93. The molecule has 0 amide bonds. The molecule has 0 aliphatic rings. The summed E-state index contributed by atoms with van der Waals surface area (Å²) >= 11 is 1.44. The van der Waals surface area contributed by atoms with Gasteiger partial charge >= 0.3 is 11.9 Å². The highest BCUT2D eigenvalue weighted by Gasteiger charge is 2.17. The molecule has 0 aliphatic heterocycles. The first kappa shape index (κ1) is 25.4. The van der Waals surface area contributed by atoms with Gasteiger partial charge in [0.1, 0.15) is 0 Å². The van der Waals surface area contributed by atoms with E-state index in [1.807, 2.05) is 26.8 Å². The van der Waals surface area contributed by atoms with Gasteiger partial charge in [0.05, 0.1) is 12.7 Å². The lowest BCUT2D eigenvalue weighted by molar-refractivity contribution is -0.150. The molecule has 0 bridgehead atoms. The normalized spacial score (nSPS) is 10.6. The molecule has 0 aliphatic carbocycles. The molecule has 2 rings (SSSR count). The van der Waals surface area contributed by atoms with Crippen LogP contribution < -0.4 is 9.47 Å². The van der Waals surface area contributed by atoms with Crippen molar-refractivity contribution in [2.75, 3.05) is 13.9 Å². The number of aromatic nitrogens is 3. The fraction of sp³-hybridized carbons (Fsp3) is 0.500. The maximum absolute atomic E-state index is 11.8. The van der Waals surface area contributed by atoms with Crippen LogP contribution in [-0.2, 0) is 26.5 Å². The third kappa shape index (κ3) is 7.67. The van der Waals surface area contributed by atoms with Gasteiger partial charge in [0.15, 0.2) is 5.16 Å². The molecule has 9 nitrogen and oxygen atoms in total.